The summed E-state index contributed by atoms with van der Waals surface area (Å²) in [6.07, 6.45) is 24.7. The number of anilines is 5. The summed E-state index contributed by atoms with van der Waals surface area (Å²) in [7, 11) is 0. The molecule has 0 N–H and O–H groups in total. The quantitative estimate of drug-likeness (QED) is 0.0958. The molecule has 8 rings (SSSR count). The number of thiophene rings is 1. The molecule has 2 fully saturated rings. The molecule has 0 aliphatic heterocycles. The number of fused-ring (bicyclic) bond motifs is 3. The molecule has 6 aromatic rings. The van der Waals surface area contributed by atoms with Crippen LogP contribution < -0.4 is 9.80 Å². The number of hydrogen-bond donors (Lipinski definition) is 0. The topological polar surface area (TPSA) is 6.48 Å². The molecule has 2 bridgehead atoms. The molecule has 1 aromatic heterocycles. The number of hydrogen-bond acceptors (Lipinski definition) is 3. The number of allylic oxidation sites excluding steroid dienone is 5. The number of nitrogens with zero attached hydrogens (tertiary/aromatic N) is 2. The minimum atomic E-state index is 0.197. The van der Waals surface area contributed by atoms with Gasteiger partial charge in [-0.15, -0.1) is 17.8 Å². The maximum atomic E-state index is 5.85. The van der Waals surface area contributed by atoms with Crippen LogP contribution in [0, 0.1) is 30.1 Å². The van der Waals surface area contributed by atoms with Gasteiger partial charge in [-0.2, -0.15) is 0 Å². The van der Waals surface area contributed by atoms with Crippen molar-refractivity contribution in [2.45, 2.75) is 58.3 Å². The van der Waals surface area contributed by atoms with Crippen LogP contribution in [0.2, 0.25) is 0 Å². The third-order valence-electron chi connectivity index (χ3n) is 12.1. The van der Waals surface area contributed by atoms with Crippen molar-refractivity contribution in [2.75, 3.05) is 9.80 Å². The van der Waals surface area contributed by atoms with Gasteiger partial charge in [-0.1, -0.05) is 123 Å². The first-order valence-electron chi connectivity index (χ1n) is 20.4. The van der Waals surface area contributed by atoms with Crippen LogP contribution in [0.1, 0.15) is 63.3 Å². The molecule has 0 spiro atoms. The van der Waals surface area contributed by atoms with Crippen LogP contribution in [0.3, 0.4) is 0 Å². The second kappa shape index (κ2) is 16.7. The molecule has 2 unspecified atom stereocenters. The van der Waals surface area contributed by atoms with Gasteiger partial charge in [-0.05, 0) is 146 Å². The van der Waals surface area contributed by atoms with E-state index in [4.69, 9.17) is 6.42 Å². The lowest BCUT2D eigenvalue weighted by molar-refractivity contribution is 0.0899. The molecular weight excluding hydrogens is 709 g/mol. The van der Waals surface area contributed by atoms with Crippen molar-refractivity contribution in [1.29, 1.82) is 0 Å². The van der Waals surface area contributed by atoms with E-state index in [9.17, 15) is 0 Å². The molecular formula is C54H52N2S. The lowest BCUT2D eigenvalue weighted by Gasteiger charge is -2.47. The largest absolute Gasteiger partial charge is 0.310 e. The second-order valence-corrected chi connectivity index (χ2v) is 17.3. The molecule has 0 radical (unpaired) electrons. The summed E-state index contributed by atoms with van der Waals surface area (Å²) >= 11 is 1.80. The maximum absolute atomic E-state index is 5.85. The van der Waals surface area contributed by atoms with Crippen LogP contribution in [-0.2, 0) is 5.41 Å². The van der Waals surface area contributed by atoms with Crippen LogP contribution >= 0.6 is 11.3 Å². The van der Waals surface area contributed by atoms with Gasteiger partial charge >= 0.3 is 0 Å². The normalized spacial score (nSPS) is 20.8. The molecule has 5 aromatic carbocycles. The van der Waals surface area contributed by atoms with E-state index in [1.54, 1.807) is 17.4 Å². The minimum Gasteiger partial charge on any atom is -0.310 e. The third-order valence-corrected chi connectivity index (χ3v) is 13.2. The van der Waals surface area contributed by atoms with Crippen molar-refractivity contribution >= 4 is 55.9 Å². The Morgan fingerprint density at radius 2 is 1.40 bits per heavy atom. The van der Waals surface area contributed by atoms with Gasteiger partial charge in [-0.3, -0.25) is 0 Å². The molecule has 57 heavy (non-hydrogen) atoms. The molecule has 2 aliphatic carbocycles. The Morgan fingerprint density at radius 3 is 2.05 bits per heavy atom. The summed E-state index contributed by atoms with van der Waals surface area (Å²) in [6, 6.07) is 46.4. The van der Waals surface area contributed by atoms with Gasteiger partial charge in [0.05, 0.1) is 16.3 Å². The SMILES string of the molecule is C#C/C=C\C(=C/C)N(c1ccc(C2(C)CC3CC(C)CC(C3)C2)cc1)c1cccc2sc(/C=C\C=C)c(N(c3ccccc3)c3ccc(-c4ccccc4)cc3)c12. The van der Waals surface area contributed by atoms with E-state index in [0.717, 1.165) is 56.8 Å². The van der Waals surface area contributed by atoms with E-state index < -0.39 is 0 Å². The first-order chi connectivity index (χ1) is 27.9. The van der Waals surface area contributed by atoms with Gasteiger partial charge in [0.25, 0.3) is 0 Å². The fraction of sp³-hybridized carbons (Fsp3) is 0.222. The predicted molar refractivity (Wildman–Crippen MR) is 248 cm³/mol. The van der Waals surface area contributed by atoms with Gasteiger partial charge in [0, 0.05) is 32.8 Å². The highest BCUT2D eigenvalue weighted by molar-refractivity contribution is 7.20. The fourth-order valence-electron chi connectivity index (χ4n) is 9.93. The molecule has 2 nitrogen and oxygen atoms in total. The summed E-state index contributed by atoms with van der Waals surface area (Å²) in [4.78, 5) is 5.95. The highest BCUT2D eigenvalue weighted by atomic mass is 32.1. The number of terminal acetylenes is 1. The van der Waals surface area contributed by atoms with Crippen LogP contribution in [0.4, 0.5) is 28.4 Å². The van der Waals surface area contributed by atoms with Crippen LogP contribution in [0.15, 0.2) is 170 Å². The van der Waals surface area contributed by atoms with Gasteiger partial charge < -0.3 is 9.80 Å². The van der Waals surface area contributed by atoms with Crippen molar-refractivity contribution in [2.24, 2.45) is 17.8 Å². The average Bonchev–Trinajstić information content (AvgIpc) is 3.60. The Balaban J connectivity index is 1.31. The minimum absolute atomic E-state index is 0.197. The Labute approximate surface area is 344 Å². The van der Waals surface area contributed by atoms with Gasteiger partial charge in [0.15, 0.2) is 0 Å². The van der Waals surface area contributed by atoms with E-state index in [0.29, 0.717) is 0 Å². The summed E-state index contributed by atoms with van der Waals surface area (Å²) < 4.78 is 1.20. The van der Waals surface area contributed by atoms with Gasteiger partial charge in [-0.25, -0.2) is 0 Å². The lowest BCUT2D eigenvalue weighted by Crippen LogP contribution is -2.38. The molecule has 0 amide bonds. The van der Waals surface area contributed by atoms with E-state index >= 15 is 0 Å². The summed E-state index contributed by atoms with van der Waals surface area (Å²) in [5, 5.41) is 1.17. The first-order valence-corrected chi connectivity index (χ1v) is 21.3. The molecule has 2 atom stereocenters. The third kappa shape index (κ3) is 7.80. The molecule has 284 valence electrons. The van der Waals surface area contributed by atoms with Gasteiger partial charge in [0.2, 0.25) is 0 Å². The standard InChI is InChI=1S/C54H52N2S/c1-6-9-20-45(8-3)55(47-32-28-44(29-33-47)54(5)37-40-34-39(4)35-41(36-40)38-54)49-23-17-25-50-52(49)53(51(57-50)24-10-7-2)56(46-21-15-12-16-22-46)48-30-26-43(27-31-48)42-18-13-11-14-19-42/h1,7-33,39-41H,2,34-38H2,3-5H3/b20-9-,24-10-,45-8+. The number of para-hydroxylation sites is 1. The Hall–Kier alpha value is -5.82. The Bertz CT molecular complexity index is 2440. The molecule has 3 heteroatoms. The molecule has 0 saturated heterocycles. The zero-order valence-electron chi connectivity index (χ0n) is 33.4. The van der Waals surface area contributed by atoms with E-state index in [1.165, 1.54) is 58.9 Å². The predicted octanol–water partition coefficient (Wildman–Crippen LogP) is 15.6. The lowest BCUT2D eigenvalue weighted by atomic mass is 9.57. The summed E-state index contributed by atoms with van der Waals surface area (Å²) in [5.74, 6) is 5.27. The Morgan fingerprint density at radius 1 is 0.772 bits per heavy atom. The second-order valence-electron chi connectivity index (χ2n) is 16.3. The Kier molecular flexibility index (Phi) is 11.2. The summed E-state index contributed by atoms with van der Waals surface area (Å²) in [5.41, 5.74) is 10.5. The van der Waals surface area contributed by atoms with Crippen molar-refractivity contribution in [3.05, 3.63) is 180 Å². The van der Waals surface area contributed by atoms with E-state index in [1.807, 2.05) is 12.2 Å². The van der Waals surface area contributed by atoms with Crippen LogP contribution in [-0.4, -0.2) is 0 Å². The van der Waals surface area contributed by atoms with Crippen molar-refractivity contribution in [3.63, 3.8) is 0 Å². The molecule has 2 aliphatic rings. The highest BCUT2D eigenvalue weighted by Crippen LogP contribution is 2.53. The van der Waals surface area contributed by atoms with Crippen molar-refractivity contribution < 1.29 is 0 Å². The zero-order chi connectivity index (χ0) is 39.4. The monoisotopic (exact) mass is 760 g/mol. The van der Waals surface area contributed by atoms with Crippen LogP contribution in [0.25, 0.3) is 27.3 Å². The van der Waals surface area contributed by atoms with Crippen LogP contribution in [0.5, 0.6) is 0 Å². The molecule has 2 saturated carbocycles. The van der Waals surface area contributed by atoms with E-state index in [-0.39, 0.29) is 5.41 Å². The van der Waals surface area contributed by atoms with E-state index in [2.05, 4.69) is 189 Å². The summed E-state index contributed by atoms with van der Waals surface area (Å²) in [6.45, 7) is 11.1. The highest BCUT2D eigenvalue weighted by Gasteiger charge is 2.42. The van der Waals surface area contributed by atoms with Crippen molar-refractivity contribution in [3.8, 4) is 23.5 Å². The number of rotatable bonds is 11. The average molecular weight is 761 g/mol. The first kappa shape index (κ1) is 38.1. The van der Waals surface area contributed by atoms with Crippen molar-refractivity contribution in [1.82, 2.24) is 0 Å². The fourth-order valence-corrected chi connectivity index (χ4v) is 11.0. The smallest absolute Gasteiger partial charge is 0.0741 e. The zero-order valence-corrected chi connectivity index (χ0v) is 34.3. The molecule has 1 heterocycles. The van der Waals surface area contributed by atoms with Gasteiger partial charge in [0.1, 0.15) is 0 Å². The maximum Gasteiger partial charge on any atom is 0.0741 e. The number of benzene rings is 5.